The van der Waals surface area contributed by atoms with E-state index < -0.39 is 30.1 Å². The molecule has 162 valence electrons. The lowest BCUT2D eigenvalue weighted by Gasteiger charge is -2.56. The summed E-state index contributed by atoms with van der Waals surface area (Å²) in [5.74, 6) is 0.766. The summed E-state index contributed by atoms with van der Waals surface area (Å²) in [7, 11) is 0. The van der Waals surface area contributed by atoms with Crippen molar-refractivity contribution in [2.24, 2.45) is 23.2 Å². The molecule has 4 aliphatic carbocycles. The number of hydrogen-bond acceptors (Lipinski definition) is 5. The van der Waals surface area contributed by atoms with Gasteiger partial charge in [-0.05, 0) is 82.5 Å². The van der Waals surface area contributed by atoms with Gasteiger partial charge in [0.15, 0.2) is 6.61 Å². The Bertz CT molecular complexity index is 647. The molecular weight excluding hydrogens is 374 g/mol. The first kappa shape index (κ1) is 21.6. The maximum absolute atomic E-state index is 12.4. The molecule has 4 rings (SSSR count). The van der Waals surface area contributed by atoms with Crippen LogP contribution < -0.4 is 16.0 Å². The smallest absolute Gasteiger partial charge is 0.325 e. The number of urea groups is 1. The molecule has 0 aliphatic heterocycles. The highest BCUT2D eigenvalue weighted by molar-refractivity contribution is 5.95. The zero-order chi connectivity index (χ0) is 21.2. The third kappa shape index (κ3) is 6.18. The third-order valence-electron chi connectivity index (χ3n) is 6.24. The number of ether oxygens (including phenoxy) is 1. The Hall–Kier alpha value is -2.12. The monoisotopic (exact) mass is 407 g/mol. The number of carbonyl (C=O) groups is 4. The highest BCUT2D eigenvalue weighted by Gasteiger charge is 2.51. The van der Waals surface area contributed by atoms with Gasteiger partial charge in [-0.3, -0.25) is 19.7 Å². The summed E-state index contributed by atoms with van der Waals surface area (Å²) in [4.78, 5) is 47.5. The number of carbonyl (C=O) groups excluding carboxylic acids is 4. The summed E-state index contributed by atoms with van der Waals surface area (Å²) in [6, 6.07) is -0.651. The summed E-state index contributed by atoms with van der Waals surface area (Å²) in [6.07, 6.45) is 7.83. The molecule has 0 heterocycles. The van der Waals surface area contributed by atoms with Gasteiger partial charge in [0.1, 0.15) is 6.54 Å². The highest BCUT2D eigenvalue weighted by Crippen LogP contribution is 2.61. The highest BCUT2D eigenvalue weighted by atomic mass is 16.5. The van der Waals surface area contributed by atoms with Crippen molar-refractivity contribution in [1.29, 1.82) is 0 Å². The van der Waals surface area contributed by atoms with Crippen LogP contribution in [0, 0.1) is 23.2 Å². The van der Waals surface area contributed by atoms with Gasteiger partial charge < -0.3 is 15.4 Å². The molecule has 0 aromatic carbocycles. The molecule has 0 atom stereocenters. The predicted molar refractivity (Wildman–Crippen MR) is 106 cm³/mol. The largest absolute Gasteiger partial charge is 0.454 e. The molecule has 3 N–H and O–H groups in total. The lowest BCUT2D eigenvalue weighted by atomic mass is 9.49. The van der Waals surface area contributed by atoms with Crippen molar-refractivity contribution in [3.63, 3.8) is 0 Å². The topological polar surface area (TPSA) is 114 Å². The SMILES string of the molecule is CC(C)(C)NC(=O)NC(=O)COC(=O)CNC(=O)CC12CC3CC(CC(C3)C1)C2. The minimum absolute atomic E-state index is 0.114. The summed E-state index contributed by atoms with van der Waals surface area (Å²) in [5, 5.41) is 7.29. The Kier molecular flexibility index (Phi) is 6.19. The number of hydrogen-bond donors (Lipinski definition) is 3. The van der Waals surface area contributed by atoms with Gasteiger partial charge in [-0.25, -0.2) is 4.79 Å². The normalized spacial score (nSPS) is 29.8. The quantitative estimate of drug-likeness (QED) is 0.582. The van der Waals surface area contributed by atoms with Gasteiger partial charge in [0.05, 0.1) is 0 Å². The van der Waals surface area contributed by atoms with E-state index >= 15 is 0 Å². The first-order chi connectivity index (χ1) is 13.5. The molecule has 0 spiro atoms. The molecule has 4 bridgehead atoms. The molecule has 29 heavy (non-hydrogen) atoms. The zero-order valence-corrected chi connectivity index (χ0v) is 17.6. The van der Waals surface area contributed by atoms with E-state index in [0.29, 0.717) is 6.42 Å². The second-order valence-electron chi connectivity index (χ2n) is 10.3. The fourth-order valence-corrected chi connectivity index (χ4v) is 5.81. The lowest BCUT2D eigenvalue weighted by molar-refractivity contribution is -0.148. The Morgan fingerprint density at radius 3 is 2.00 bits per heavy atom. The Labute approximate surface area is 171 Å². The van der Waals surface area contributed by atoms with E-state index in [2.05, 4.69) is 16.0 Å². The van der Waals surface area contributed by atoms with Crippen molar-refractivity contribution in [1.82, 2.24) is 16.0 Å². The van der Waals surface area contributed by atoms with E-state index in [-0.39, 0.29) is 17.9 Å². The molecule has 0 aromatic heterocycles. The van der Waals surface area contributed by atoms with Crippen LogP contribution in [0.15, 0.2) is 0 Å². The minimum atomic E-state index is -0.722. The van der Waals surface area contributed by atoms with Crippen LogP contribution >= 0.6 is 0 Å². The van der Waals surface area contributed by atoms with Crippen LogP contribution in [0.5, 0.6) is 0 Å². The second kappa shape index (κ2) is 8.32. The first-order valence-electron chi connectivity index (χ1n) is 10.6. The van der Waals surface area contributed by atoms with E-state index in [4.69, 9.17) is 4.74 Å². The van der Waals surface area contributed by atoms with E-state index in [9.17, 15) is 19.2 Å². The van der Waals surface area contributed by atoms with Crippen molar-refractivity contribution in [2.45, 2.75) is 71.3 Å². The van der Waals surface area contributed by atoms with Gasteiger partial charge in [-0.2, -0.15) is 0 Å². The molecule has 0 unspecified atom stereocenters. The molecule has 0 aromatic rings. The fraction of sp³-hybridized carbons (Fsp3) is 0.810. The van der Waals surface area contributed by atoms with Crippen LogP contribution in [0.4, 0.5) is 4.79 Å². The maximum atomic E-state index is 12.4. The Balaban J connectivity index is 1.34. The van der Waals surface area contributed by atoms with E-state index in [1.807, 2.05) is 0 Å². The van der Waals surface area contributed by atoms with Gasteiger partial charge in [0.2, 0.25) is 5.91 Å². The fourth-order valence-electron chi connectivity index (χ4n) is 5.81. The summed E-state index contributed by atoms with van der Waals surface area (Å²) in [5.41, 5.74) is -0.370. The van der Waals surface area contributed by atoms with Crippen molar-refractivity contribution >= 4 is 23.8 Å². The van der Waals surface area contributed by atoms with Crippen molar-refractivity contribution in [3.8, 4) is 0 Å². The van der Waals surface area contributed by atoms with Gasteiger partial charge >= 0.3 is 12.0 Å². The van der Waals surface area contributed by atoms with Crippen molar-refractivity contribution < 1.29 is 23.9 Å². The zero-order valence-electron chi connectivity index (χ0n) is 17.6. The molecule has 0 radical (unpaired) electrons. The molecular formula is C21H33N3O5. The van der Waals surface area contributed by atoms with E-state index in [0.717, 1.165) is 37.0 Å². The van der Waals surface area contributed by atoms with Crippen LogP contribution in [0.1, 0.15) is 65.7 Å². The molecule has 4 saturated carbocycles. The standard InChI is InChI=1S/C21H33N3O5/c1-20(2,3)24-19(28)23-17(26)12-29-18(27)11-22-16(25)10-21-7-13-4-14(8-21)6-15(5-13)9-21/h13-15H,4-12H2,1-3H3,(H,22,25)(H2,23,24,26,28). The number of esters is 1. The van der Waals surface area contributed by atoms with Gasteiger partial charge in [-0.15, -0.1) is 0 Å². The first-order valence-corrected chi connectivity index (χ1v) is 10.6. The second-order valence-corrected chi connectivity index (χ2v) is 10.3. The summed E-state index contributed by atoms with van der Waals surface area (Å²) >= 11 is 0. The average Bonchev–Trinajstić information content (AvgIpc) is 2.54. The van der Waals surface area contributed by atoms with Crippen molar-refractivity contribution in [2.75, 3.05) is 13.2 Å². The molecule has 0 saturated heterocycles. The summed E-state index contributed by atoms with van der Waals surface area (Å²) in [6.45, 7) is 4.50. The number of imide groups is 1. The van der Waals surface area contributed by atoms with Gasteiger partial charge in [0, 0.05) is 12.0 Å². The molecule has 8 heteroatoms. The van der Waals surface area contributed by atoms with Crippen LogP contribution in [0.25, 0.3) is 0 Å². The maximum Gasteiger partial charge on any atom is 0.325 e. The minimum Gasteiger partial charge on any atom is -0.454 e. The summed E-state index contributed by atoms with van der Waals surface area (Å²) < 4.78 is 4.83. The Morgan fingerprint density at radius 2 is 1.48 bits per heavy atom. The van der Waals surface area contributed by atoms with Crippen LogP contribution in [0.2, 0.25) is 0 Å². The van der Waals surface area contributed by atoms with Crippen LogP contribution in [0.3, 0.4) is 0 Å². The van der Waals surface area contributed by atoms with Crippen LogP contribution in [-0.2, 0) is 19.1 Å². The van der Waals surface area contributed by atoms with Gasteiger partial charge in [-0.1, -0.05) is 0 Å². The van der Waals surface area contributed by atoms with E-state index in [1.165, 1.54) is 19.3 Å². The number of nitrogens with one attached hydrogen (secondary N) is 3. The molecule has 4 amide bonds. The number of rotatable bonds is 6. The average molecular weight is 408 g/mol. The van der Waals surface area contributed by atoms with Crippen molar-refractivity contribution in [3.05, 3.63) is 0 Å². The lowest BCUT2D eigenvalue weighted by Crippen LogP contribution is -2.49. The molecule has 8 nitrogen and oxygen atoms in total. The van der Waals surface area contributed by atoms with E-state index in [1.54, 1.807) is 20.8 Å². The predicted octanol–water partition coefficient (Wildman–Crippen LogP) is 1.88. The Morgan fingerprint density at radius 1 is 0.931 bits per heavy atom. The molecule has 4 aliphatic rings. The molecule has 4 fully saturated rings. The third-order valence-corrected chi connectivity index (χ3v) is 6.24. The van der Waals surface area contributed by atoms with Crippen LogP contribution in [-0.4, -0.2) is 42.5 Å². The number of amides is 4. The van der Waals surface area contributed by atoms with Gasteiger partial charge in [0.25, 0.3) is 5.91 Å².